The third-order valence-electron chi connectivity index (χ3n) is 4.62. The predicted molar refractivity (Wildman–Crippen MR) is 131 cm³/mol. The van der Waals surface area contributed by atoms with Gasteiger partial charge in [-0.15, -0.1) is 23.5 Å². The number of carboxylic acid groups (broad SMARTS) is 1. The van der Waals surface area contributed by atoms with Crippen molar-refractivity contribution in [3.05, 3.63) is 60.7 Å². The van der Waals surface area contributed by atoms with Crippen molar-refractivity contribution in [2.75, 3.05) is 13.1 Å². The number of hydrogen-bond donors (Lipinski definition) is 3. The molecule has 0 saturated carbocycles. The third-order valence-corrected chi connectivity index (χ3v) is 7.07. The second-order valence-corrected chi connectivity index (χ2v) is 9.97. The zero-order valence-electron chi connectivity index (χ0n) is 18.2. The summed E-state index contributed by atoms with van der Waals surface area (Å²) in [5.74, 6) is -1.27. The van der Waals surface area contributed by atoms with Gasteiger partial charge in [0.2, 0.25) is 0 Å². The van der Waals surface area contributed by atoms with Crippen LogP contribution in [-0.4, -0.2) is 40.6 Å². The number of carbonyl (C=O) groups excluding carboxylic acids is 1. The number of nitrogens with two attached hydrogens (primary N) is 1. The molecule has 2 unspecified atom stereocenters. The van der Waals surface area contributed by atoms with Crippen molar-refractivity contribution in [3.8, 4) is 0 Å². The van der Waals surface area contributed by atoms with Crippen molar-refractivity contribution in [3.63, 3.8) is 0 Å². The van der Waals surface area contributed by atoms with Crippen LogP contribution in [0.2, 0.25) is 0 Å². The van der Waals surface area contributed by atoms with Crippen LogP contribution in [0.3, 0.4) is 0 Å². The summed E-state index contributed by atoms with van der Waals surface area (Å²) in [7, 11) is 0. The Morgan fingerprint density at radius 2 is 1.50 bits per heavy atom. The summed E-state index contributed by atoms with van der Waals surface area (Å²) in [6.07, 6.45) is 4.33. The molecule has 8 heteroatoms. The van der Waals surface area contributed by atoms with E-state index in [1.54, 1.807) is 0 Å². The Labute approximate surface area is 198 Å². The standard InChI is InChI=1S/C24H32N2O4S2/c25-15-9-1-2-10-16-26-30-24(29)22(32-20-13-7-4-8-14-20)17-21(18-23(27)28)31-19-11-5-3-6-12-19/h3-8,11-14,21-22,26H,1-2,9-10,15-18,25H2,(H,27,28). The Balaban J connectivity index is 1.99. The fourth-order valence-electron chi connectivity index (χ4n) is 3.04. The zero-order valence-corrected chi connectivity index (χ0v) is 19.8. The van der Waals surface area contributed by atoms with Crippen molar-refractivity contribution in [2.45, 2.75) is 58.8 Å². The molecule has 2 aromatic rings. The first-order valence-corrected chi connectivity index (χ1v) is 12.6. The van der Waals surface area contributed by atoms with Crippen molar-refractivity contribution < 1.29 is 19.5 Å². The van der Waals surface area contributed by atoms with Crippen LogP contribution in [0.4, 0.5) is 0 Å². The molecule has 0 fully saturated rings. The van der Waals surface area contributed by atoms with Crippen molar-refractivity contribution in [2.24, 2.45) is 5.73 Å². The maximum absolute atomic E-state index is 12.9. The molecular weight excluding hydrogens is 444 g/mol. The maximum atomic E-state index is 12.9. The molecule has 0 heterocycles. The highest BCUT2D eigenvalue weighted by atomic mass is 32.2. The number of thioether (sulfide) groups is 2. The average Bonchev–Trinajstić information content (AvgIpc) is 2.79. The number of aliphatic carboxylic acids is 1. The molecule has 0 aliphatic rings. The summed E-state index contributed by atoms with van der Waals surface area (Å²) in [5, 5.41) is 8.62. The van der Waals surface area contributed by atoms with Gasteiger partial charge in [-0.05, 0) is 50.1 Å². The van der Waals surface area contributed by atoms with Gasteiger partial charge in [-0.2, -0.15) is 5.48 Å². The molecule has 2 aromatic carbocycles. The van der Waals surface area contributed by atoms with Crippen LogP contribution in [0.15, 0.2) is 70.5 Å². The average molecular weight is 477 g/mol. The minimum absolute atomic E-state index is 0.0345. The Bertz CT molecular complexity index is 793. The predicted octanol–water partition coefficient (Wildman–Crippen LogP) is 4.74. The summed E-state index contributed by atoms with van der Waals surface area (Å²) in [6.45, 7) is 1.27. The molecule has 0 spiro atoms. The molecule has 0 bridgehead atoms. The molecule has 174 valence electrons. The molecule has 4 N–H and O–H groups in total. The van der Waals surface area contributed by atoms with E-state index in [1.807, 2.05) is 60.7 Å². The van der Waals surface area contributed by atoms with Gasteiger partial charge in [-0.1, -0.05) is 49.2 Å². The zero-order chi connectivity index (χ0) is 23.0. The fraction of sp³-hybridized carbons (Fsp3) is 0.417. The molecule has 0 aliphatic carbocycles. The van der Waals surface area contributed by atoms with Crippen LogP contribution in [-0.2, 0) is 14.4 Å². The number of unbranched alkanes of at least 4 members (excludes halogenated alkanes) is 3. The SMILES string of the molecule is NCCCCCCNOC(=O)C(CC(CC(=O)O)Sc1ccccc1)Sc1ccccc1. The second kappa shape index (κ2) is 15.7. The monoisotopic (exact) mass is 476 g/mol. The molecular formula is C24H32N2O4S2. The van der Waals surface area contributed by atoms with Gasteiger partial charge in [0, 0.05) is 21.6 Å². The number of carbonyl (C=O) groups is 2. The number of benzene rings is 2. The van der Waals surface area contributed by atoms with E-state index in [9.17, 15) is 14.7 Å². The molecule has 6 nitrogen and oxygen atoms in total. The fourth-order valence-corrected chi connectivity index (χ4v) is 5.49. The van der Waals surface area contributed by atoms with Gasteiger partial charge in [0.05, 0.1) is 6.42 Å². The highest BCUT2D eigenvalue weighted by molar-refractivity contribution is 8.01. The minimum Gasteiger partial charge on any atom is -0.481 e. The summed E-state index contributed by atoms with van der Waals surface area (Å²) in [6, 6.07) is 19.3. The normalized spacial score (nSPS) is 12.8. The summed E-state index contributed by atoms with van der Waals surface area (Å²) >= 11 is 2.88. The third kappa shape index (κ3) is 11.0. The lowest BCUT2D eigenvalue weighted by atomic mass is 10.2. The summed E-state index contributed by atoms with van der Waals surface area (Å²) in [5.41, 5.74) is 8.27. The van der Waals surface area contributed by atoms with E-state index < -0.39 is 11.2 Å². The van der Waals surface area contributed by atoms with Gasteiger partial charge in [0.25, 0.3) is 0 Å². The van der Waals surface area contributed by atoms with Crippen LogP contribution >= 0.6 is 23.5 Å². The first-order chi connectivity index (χ1) is 15.6. The molecule has 0 aliphatic heterocycles. The Morgan fingerprint density at radius 3 is 2.09 bits per heavy atom. The topological polar surface area (TPSA) is 102 Å². The van der Waals surface area contributed by atoms with Crippen LogP contribution in [0, 0.1) is 0 Å². The lowest BCUT2D eigenvalue weighted by Gasteiger charge is -2.21. The molecule has 0 radical (unpaired) electrons. The molecule has 0 amide bonds. The summed E-state index contributed by atoms with van der Waals surface area (Å²) < 4.78 is 0. The van der Waals surface area contributed by atoms with Crippen LogP contribution in [0.25, 0.3) is 0 Å². The lowest BCUT2D eigenvalue weighted by Crippen LogP contribution is -2.31. The van der Waals surface area contributed by atoms with Gasteiger partial charge in [0.1, 0.15) is 5.25 Å². The highest BCUT2D eigenvalue weighted by Gasteiger charge is 2.28. The Kier molecular flexibility index (Phi) is 12.9. The van der Waals surface area contributed by atoms with E-state index in [2.05, 4.69) is 5.48 Å². The van der Waals surface area contributed by atoms with E-state index in [-0.39, 0.29) is 17.6 Å². The number of hydrogen-bond acceptors (Lipinski definition) is 7. The van der Waals surface area contributed by atoms with Gasteiger partial charge >= 0.3 is 11.9 Å². The second-order valence-electron chi connectivity index (χ2n) is 7.32. The highest BCUT2D eigenvalue weighted by Crippen LogP contribution is 2.34. The van der Waals surface area contributed by atoms with Crippen molar-refractivity contribution in [1.82, 2.24) is 5.48 Å². The van der Waals surface area contributed by atoms with Crippen molar-refractivity contribution >= 4 is 35.5 Å². The minimum atomic E-state index is -0.883. The molecule has 2 rings (SSSR count). The van der Waals surface area contributed by atoms with Gasteiger partial charge in [-0.25, -0.2) is 4.79 Å². The van der Waals surface area contributed by atoms with E-state index in [1.165, 1.54) is 23.5 Å². The molecule has 0 aromatic heterocycles. The maximum Gasteiger partial charge on any atom is 0.338 e. The van der Waals surface area contributed by atoms with Crippen LogP contribution < -0.4 is 11.2 Å². The Morgan fingerprint density at radius 1 is 0.906 bits per heavy atom. The quantitative estimate of drug-likeness (QED) is 0.181. The van der Waals surface area contributed by atoms with Crippen molar-refractivity contribution in [1.29, 1.82) is 0 Å². The van der Waals surface area contributed by atoms with Crippen LogP contribution in [0.1, 0.15) is 38.5 Å². The Hall–Kier alpha value is -2.00. The van der Waals surface area contributed by atoms with Gasteiger partial charge < -0.3 is 15.7 Å². The number of hydroxylamine groups is 1. The molecule has 32 heavy (non-hydrogen) atoms. The molecule has 0 saturated heterocycles. The van der Waals surface area contributed by atoms with Gasteiger partial charge in [-0.3, -0.25) is 4.79 Å². The van der Waals surface area contributed by atoms with E-state index >= 15 is 0 Å². The van der Waals surface area contributed by atoms with E-state index in [0.717, 1.165) is 35.5 Å². The van der Waals surface area contributed by atoms with E-state index in [4.69, 9.17) is 10.6 Å². The number of rotatable bonds is 16. The number of carboxylic acids is 1. The summed E-state index contributed by atoms with van der Waals surface area (Å²) in [4.78, 5) is 31.6. The largest absolute Gasteiger partial charge is 0.481 e. The van der Waals surface area contributed by atoms with E-state index in [0.29, 0.717) is 19.5 Å². The number of nitrogens with one attached hydrogen (secondary N) is 1. The molecule has 2 atom stereocenters. The smallest absolute Gasteiger partial charge is 0.338 e. The lowest BCUT2D eigenvalue weighted by molar-refractivity contribution is -0.150. The van der Waals surface area contributed by atoms with Gasteiger partial charge in [0.15, 0.2) is 0 Å². The van der Waals surface area contributed by atoms with Crippen LogP contribution in [0.5, 0.6) is 0 Å². The first kappa shape index (κ1) is 26.3. The first-order valence-electron chi connectivity index (χ1n) is 10.9.